The van der Waals surface area contributed by atoms with E-state index >= 15 is 0 Å². The van der Waals surface area contributed by atoms with Gasteiger partial charge in [0.25, 0.3) is 0 Å². The average molecular weight is 271 g/mol. The molecule has 4 nitrogen and oxygen atoms in total. The molecule has 2 aromatic heterocycles. The first-order valence-electron chi connectivity index (χ1n) is 6.75. The molecule has 0 aromatic carbocycles. The van der Waals surface area contributed by atoms with E-state index in [1.54, 1.807) is 12.5 Å². The van der Waals surface area contributed by atoms with E-state index in [1.165, 1.54) is 0 Å². The molecule has 1 saturated heterocycles. The predicted molar refractivity (Wildman–Crippen MR) is 77.7 cm³/mol. The van der Waals surface area contributed by atoms with Crippen molar-refractivity contribution >= 4 is 12.7 Å². The molecule has 1 aliphatic heterocycles. The van der Waals surface area contributed by atoms with Crippen LogP contribution in [0.1, 0.15) is 27.7 Å². The van der Waals surface area contributed by atoms with Crippen molar-refractivity contribution in [2.24, 2.45) is 0 Å². The van der Waals surface area contributed by atoms with E-state index in [4.69, 9.17) is 13.7 Å². The van der Waals surface area contributed by atoms with Crippen LogP contribution in [-0.2, 0) is 9.31 Å². The summed E-state index contributed by atoms with van der Waals surface area (Å²) in [6.07, 6.45) is 3.39. The number of pyridine rings is 1. The van der Waals surface area contributed by atoms with Gasteiger partial charge >= 0.3 is 7.12 Å². The molecule has 0 saturated carbocycles. The van der Waals surface area contributed by atoms with Crippen LogP contribution in [0.15, 0.2) is 41.1 Å². The highest BCUT2D eigenvalue weighted by Crippen LogP contribution is 2.37. The monoisotopic (exact) mass is 271 g/mol. The molecule has 3 heterocycles. The second kappa shape index (κ2) is 4.47. The highest BCUT2D eigenvalue weighted by atomic mass is 16.7. The van der Waals surface area contributed by atoms with E-state index < -0.39 is 7.12 Å². The molecule has 5 heteroatoms. The van der Waals surface area contributed by atoms with Crippen molar-refractivity contribution in [3.63, 3.8) is 0 Å². The van der Waals surface area contributed by atoms with E-state index in [0.717, 1.165) is 16.9 Å². The van der Waals surface area contributed by atoms with E-state index in [0.29, 0.717) is 0 Å². The van der Waals surface area contributed by atoms with Crippen molar-refractivity contribution in [3.05, 3.63) is 36.7 Å². The third kappa shape index (κ3) is 2.07. The molecule has 0 spiro atoms. The van der Waals surface area contributed by atoms with Gasteiger partial charge in [-0.15, -0.1) is 0 Å². The maximum Gasteiger partial charge on any atom is 0.515 e. The Labute approximate surface area is 119 Å². The normalized spacial score (nSPS) is 20.3. The summed E-state index contributed by atoms with van der Waals surface area (Å²) in [5.41, 5.74) is 0.891. The Morgan fingerprint density at radius 3 is 2.30 bits per heavy atom. The topological polar surface area (TPSA) is 44.5 Å². The summed E-state index contributed by atoms with van der Waals surface area (Å²) in [6, 6.07) is 7.61. The lowest BCUT2D eigenvalue weighted by Gasteiger charge is -2.32. The van der Waals surface area contributed by atoms with Gasteiger partial charge in [-0.05, 0) is 52.0 Å². The van der Waals surface area contributed by atoms with Crippen molar-refractivity contribution in [1.82, 2.24) is 4.98 Å². The fourth-order valence-electron chi connectivity index (χ4n) is 2.20. The minimum Gasteiger partial charge on any atom is -0.464 e. The summed E-state index contributed by atoms with van der Waals surface area (Å²) < 4.78 is 17.6. The van der Waals surface area contributed by atoms with Crippen LogP contribution < -0.4 is 5.59 Å². The van der Waals surface area contributed by atoms with E-state index in [2.05, 4.69) is 4.98 Å². The van der Waals surface area contributed by atoms with Crippen molar-refractivity contribution in [1.29, 1.82) is 0 Å². The summed E-state index contributed by atoms with van der Waals surface area (Å²) >= 11 is 0. The van der Waals surface area contributed by atoms with Crippen molar-refractivity contribution in [2.75, 3.05) is 0 Å². The number of furan rings is 1. The standard InChI is InChI=1S/C15H18BNO3/c1-14(2)15(3,4)20-16(19-14)13-11(7-5-9-17-13)12-8-6-10-18-12/h5-10H,1-4H3. The smallest absolute Gasteiger partial charge is 0.464 e. The van der Waals surface area contributed by atoms with E-state index in [9.17, 15) is 0 Å². The highest BCUT2D eigenvalue weighted by molar-refractivity contribution is 6.62. The van der Waals surface area contributed by atoms with Crippen LogP contribution in [0.3, 0.4) is 0 Å². The molecular formula is C15H18BNO3. The fraction of sp³-hybridized carbons (Fsp3) is 0.400. The lowest BCUT2D eigenvalue weighted by Crippen LogP contribution is -2.41. The van der Waals surface area contributed by atoms with Crippen molar-refractivity contribution < 1.29 is 13.7 Å². The summed E-state index contributed by atoms with van der Waals surface area (Å²) in [4.78, 5) is 4.44. The summed E-state index contributed by atoms with van der Waals surface area (Å²) in [5.74, 6) is 0.766. The van der Waals surface area contributed by atoms with Crippen LogP contribution in [0.5, 0.6) is 0 Å². The van der Waals surface area contributed by atoms with E-state index in [-0.39, 0.29) is 11.2 Å². The Bertz CT molecular complexity index is 591. The Morgan fingerprint density at radius 2 is 1.70 bits per heavy atom. The van der Waals surface area contributed by atoms with Crippen LogP contribution in [0.4, 0.5) is 0 Å². The average Bonchev–Trinajstić information content (AvgIpc) is 2.97. The van der Waals surface area contributed by atoms with Gasteiger partial charge < -0.3 is 13.7 Å². The van der Waals surface area contributed by atoms with E-state index in [1.807, 2.05) is 52.0 Å². The molecule has 0 N–H and O–H groups in total. The van der Waals surface area contributed by atoms with Gasteiger partial charge in [0.1, 0.15) is 5.76 Å². The molecule has 3 rings (SSSR count). The molecule has 0 radical (unpaired) electrons. The van der Waals surface area contributed by atoms with Gasteiger partial charge in [-0.25, -0.2) is 0 Å². The number of aromatic nitrogens is 1. The van der Waals surface area contributed by atoms with Gasteiger partial charge in [0.2, 0.25) is 0 Å². The first-order valence-corrected chi connectivity index (χ1v) is 6.75. The Morgan fingerprint density at radius 1 is 1.00 bits per heavy atom. The lowest BCUT2D eigenvalue weighted by atomic mass is 9.80. The predicted octanol–water partition coefficient (Wildman–Crippen LogP) is 2.64. The summed E-state index contributed by atoms with van der Waals surface area (Å²) in [5, 5.41) is 0. The zero-order valence-corrected chi connectivity index (χ0v) is 12.2. The molecule has 0 amide bonds. The fourth-order valence-corrected chi connectivity index (χ4v) is 2.20. The number of nitrogens with zero attached hydrogens (tertiary/aromatic N) is 1. The lowest BCUT2D eigenvalue weighted by molar-refractivity contribution is 0.00578. The Hall–Kier alpha value is -1.59. The molecule has 1 fully saturated rings. The molecule has 0 atom stereocenters. The molecule has 0 bridgehead atoms. The molecule has 20 heavy (non-hydrogen) atoms. The van der Waals surface area contributed by atoms with Gasteiger partial charge in [0.05, 0.1) is 23.1 Å². The van der Waals surface area contributed by atoms with Crippen LogP contribution in [-0.4, -0.2) is 23.3 Å². The Balaban J connectivity index is 2.01. The van der Waals surface area contributed by atoms with Gasteiger partial charge in [-0.3, -0.25) is 4.98 Å². The summed E-state index contributed by atoms with van der Waals surface area (Å²) in [7, 11) is -0.485. The number of hydrogen-bond acceptors (Lipinski definition) is 4. The van der Waals surface area contributed by atoms with Crippen LogP contribution in [0.2, 0.25) is 0 Å². The molecule has 2 aromatic rings. The maximum absolute atomic E-state index is 6.06. The molecule has 0 aliphatic carbocycles. The SMILES string of the molecule is CC1(C)OB(c2ncccc2-c2ccco2)OC1(C)C. The second-order valence-electron chi connectivity index (χ2n) is 6.00. The minimum atomic E-state index is -0.485. The van der Waals surface area contributed by atoms with Crippen molar-refractivity contribution in [3.8, 4) is 11.3 Å². The third-order valence-electron chi connectivity index (χ3n) is 4.10. The number of rotatable bonds is 2. The molecule has 1 aliphatic rings. The van der Waals surface area contributed by atoms with Crippen molar-refractivity contribution in [2.45, 2.75) is 38.9 Å². The van der Waals surface area contributed by atoms with Gasteiger partial charge in [-0.1, -0.05) is 0 Å². The largest absolute Gasteiger partial charge is 0.515 e. The zero-order chi connectivity index (χ0) is 14.4. The van der Waals surface area contributed by atoms with Gasteiger partial charge in [-0.2, -0.15) is 0 Å². The molecular weight excluding hydrogens is 253 g/mol. The summed E-state index contributed by atoms with van der Waals surface area (Å²) in [6.45, 7) is 8.12. The molecule has 104 valence electrons. The first kappa shape index (κ1) is 13.4. The van der Waals surface area contributed by atoms with Crippen LogP contribution >= 0.6 is 0 Å². The quantitative estimate of drug-likeness (QED) is 0.787. The third-order valence-corrected chi connectivity index (χ3v) is 4.10. The second-order valence-corrected chi connectivity index (χ2v) is 6.00. The van der Waals surface area contributed by atoms with Gasteiger partial charge in [0.15, 0.2) is 0 Å². The maximum atomic E-state index is 6.06. The van der Waals surface area contributed by atoms with Crippen LogP contribution in [0, 0.1) is 0 Å². The highest BCUT2D eigenvalue weighted by Gasteiger charge is 2.53. The molecule has 0 unspecified atom stereocenters. The minimum absolute atomic E-state index is 0.379. The Kier molecular flexibility index (Phi) is 2.99. The van der Waals surface area contributed by atoms with Gasteiger partial charge in [0, 0.05) is 11.8 Å². The zero-order valence-electron chi connectivity index (χ0n) is 12.2. The first-order chi connectivity index (χ1) is 9.41. The van der Waals surface area contributed by atoms with Crippen LogP contribution in [0.25, 0.3) is 11.3 Å². The number of hydrogen-bond donors (Lipinski definition) is 0.